The van der Waals surface area contributed by atoms with Gasteiger partial charge >= 0.3 is 5.69 Å². The normalized spacial score (nSPS) is 11.3. The van der Waals surface area contributed by atoms with E-state index >= 15 is 0 Å². The lowest BCUT2D eigenvalue weighted by Crippen LogP contribution is -2.22. The standard InChI is InChI=1S/C10H7ClF3N3O2/c1-16-9(8(13)14)15-17(10(16)19)5-3-2-4(11)7(18)6(5)12/h2-3,8,18H,1H3. The predicted molar refractivity (Wildman–Crippen MR) is 60.4 cm³/mol. The number of benzene rings is 1. The minimum absolute atomic E-state index is 0.265. The summed E-state index contributed by atoms with van der Waals surface area (Å²) in [4.78, 5) is 11.7. The summed E-state index contributed by atoms with van der Waals surface area (Å²) in [6.07, 6.45) is -2.98. The lowest BCUT2D eigenvalue weighted by atomic mass is 10.3. The van der Waals surface area contributed by atoms with Crippen LogP contribution in [0.25, 0.3) is 5.69 Å². The van der Waals surface area contributed by atoms with Crippen molar-refractivity contribution in [3.63, 3.8) is 0 Å². The first kappa shape index (κ1) is 13.5. The first-order valence-electron chi connectivity index (χ1n) is 4.96. The second-order valence-electron chi connectivity index (χ2n) is 3.64. The van der Waals surface area contributed by atoms with Gasteiger partial charge in [-0.2, -0.15) is 4.68 Å². The fraction of sp³-hybridized carbons (Fsp3) is 0.200. The molecule has 102 valence electrons. The van der Waals surface area contributed by atoms with E-state index in [1.54, 1.807) is 0 Å². The molecule has 0 fully saturated rings. The van der Waals surface area contributed by atoms with Gasteiger partial charge in [-0.25, -0.2) is 18.0 Å². The van der Waals surface area contributed by atoms with Gasteiger partial charge in [0.25, 0.3) is 6.43 Å². The molecule has 0 amide bonds. The maximum atomic E-state index is 13.7. The Morgan fingerprint density at radius 3 is 2.58 bits per heavy atom. The van der Waals surface area contributed by atoms with E-state index < -0.39 is 35.2 Å². The number of phenolic OH excluding ortho intramolecular Hbond substituents is 1. The Morgan fingerprint density at radius 1 is 1.42 bits per heavy atom. The van der Waals surface area contributed by atoms with Crippen LogP contribution in [-0.4, -0.2) is 19.5 Å². The molecule has 0 radical (unpaired) electrons. The van der Waals surface area contributed by atoms with E-state index in [0.29, 0.717) is 9.25 Å². The highest BCUT2D eigenvalue weighted by atomic mass is 35.5. The molecule has 9 heteroatoms. The van der Waals surface area contributed by atoms with Crippen LogP contribution >= 0.6 is 11.6 Å². The summed E-state index contributed by atoms with van der Waals surface area (Å²) < 4.78 is 39.9. The van der Waals surface area contributed by atoms with Crippen LogP contribution in [0.15, 0.2) is 16.9 Å². The van der Waals surface area contributed by atoms with Crippen molar-refractivity contribution in [2.75, 3.05) is 0 Å². The molecular weight excluding hydrogens is 287 g/mol. The SMILES string of the molecule is Cn1c(C(F)F)nn(-c2ccc(Cl)c(O)c2F)c1=O. The van der Waals surface area contributed by atoms with Crippen molar-refractivity contribution in [2.24, 2.45) is 7.05 Å². The van der Waals surface area contributed by atoms with Crippen LogP contribution in [0.3, 0.4) is 0 Å². The summed E-state index contributed by atoms with van der Waals surface area (Å²) in [5, 5.41) is 12.4. The molecule has 0 bridgehead atoms. The third-order valence-electron chi connectivity index (χ3n) is 2.48. The molecule has 1 aromatic heterocycles. The van der Waals surface area contributed by atoms with Gasteiger partial charge in [-0.1, -0.05) is 11.6 Å². The summed E-state index contributed by atoms with van der Waals surface area (Å²) in [5.74, 6) is -2.90. The molecule has 1 heterocycles. The van der Waals surface area contributed by atoms with Gasteiger partial charge in [-0.05, 0) is 12.1 Å². The van der Waals surface area contributed by atoms with Crippen molar-refractivity contribution in [3.05, 3.63) is 39.3 Å². The molecule has 0 aliphatic carbocycles. The van der Waals surface area contributed by atoms with Crippen molar-refractivity contribution in [1.82, 2.24) is 14.3 Å². The van der Waals surface area contributed by atoms with Gasteiger partial charge < -0.3 is 5.11 Å². The largest absolute Gasteiger partial charge is 0.504 e. The van der Waals surface area contributed by atoms with Gasteiger partial charge in [-0.15, -0.1) is 5.10 Å². The summed E-state index contributed by atoms with van der Waals surface area (Å²) in [7, 11) is 1.08. The number of phenols is 1. The van der Waals surface area contributed by atoms with Crippen molar-refractivity contribution < 1.29 is 18.3 Å². The van der Waals surface area contributed by atoms with Crippen molar-refractivity contribution >= 4 is 11.6 Å². The average Bonchev–Trinajstić information content (AvgIpc) is 2.64. The molecule has 0 aliphatic heterocycles. The summed E-state index contributed by atoms with van der Waals surface area (Å²) in [5.41, 5.74) is -1.43. The van der Waals surface area contributed by atoms with Crippen molar-refractivity contribution in [2.45, 2.75) is 6.43 Å². The van der Waals surface area contributed by atoms with Gasteiger partial charge in [0.15, 0.2) is 11.6 Å². The minimum Gasteiger partial charge on any atom is -0.504 e. The highest BCUT2D eigenvalue weighted by molar-refractivity contribution is 6.32. The zero-order valence-electron chi connectivity index (χ0n) is 9.44. The number of aromatic nitrogens is 3. The lowest BCUT2D eigenvalue weighted by molar-refractivity contribution is 0.136. The van der Waals surface area contributed by atoms with Crippen LogP contribution in [-0.2, 0) is 7.05 Å². The second kappa shape index (κ2) is 4.61. The van der Waals surface area contributed by atoms with E-state index in [4.69, 9.17) is 11.6 Å². The Morgan fingerprint density at radius 2 is 2.05 bits per heavy atom. The van der Waals surface area contributed by atoms with Crippen LogP contribution in [0.5, 0.6) is 5.75 Å². The van der Waals surface area contributed by atoms with Gasteiger partial charge in [0, 0.05) is 7.05 Å². The van der Waals surface area contributed by atoms with E-state index in [-0.39, 0.29) is 5.02 Å². The Labute approximate surface area is 109 Å². The monoisotopic (exact) mass is 293 g/mol. The predicted octanol–water partition coefficient (Wildman–Crippen LogP) is 2.01. The number of aromatic hydroxyl groups is 1. The summed E-state index contributed by atoms with van der Waals surface area (Å²) in [6.45, 7) is 0. The smallest absolute Gasteiger partial charge is 0.350 e. The van der Waals surface area contributed by atoms with Crippen molar-refractivity contribution in [1.29, 1.82) is 0 Å². The van der Waals surface area contributed by atoms with Crippen LogP contribution in [0.2, 0.25) is 5.02 Å². The Bertz CT molecular complexity index is 696. The second-order valence-corrected chi connectivity index (χ2v) is 4.05. The van der Waals surface area contributed by atoms with E-state index in [2.05, 4.69) is 5.10 Å². The number of hydrogen-bond acceptors (Lipinski definition) is 3. The van der Waals surface area contributed by atoms with Gasteiger partial charge in [0.2, 0.25) is 5.82 Å². The summed E-state index contributed by atoms with van der Waals surface area (Å²) in [6, 6.07) is 2.18. The maximum absolute atomic E-state index is 13.7. The van der Waals surface area contributed by atoms with Gasteiger partial charge in [0.1, 0.15) is 5.69 Å². The number of hydrogen-bond donors (Lipinski definition) is 1. The quantitative estimate of drug-likeness (QED) is 0.921. The lowest BCUT2D eigenvalue weighted by Gasteiger charge is -2.04. The number of alkyl halides is 2. The number of rotatable bonds is 2. The Kier molecular flexibility index (Phi) is 3.27. The Balaban J connectivity index is 2.70. The zero-order valence-corrected chi connectivity index (χ0v) is 10.2. The van der Waals surface area contributed by atoms with Gasteiger partial charge in [-0.3, -0.25) is 4.57 Å². The molecule has 0 atom stereocenters. The summed E-state index contributed by atoms with van der Waals surface area (Å²) >= 11 is 5.48. The molecule has 2 rings (SSSR count). The third kappa shape index (κ3) is 2.07. The highest BCUT2D eigenvalue weighted by Gasteiger charge is 2.22. The molecule has 0 aliphatic rings. The number of halogens is 4. The number of nitrogens with zero attached hydrogens (tertiary/aromatic N) is 3. The van der Waals surface area contributed by atoms with Crippen LogP contribution < -0.4 is 5.69 Å². The molecule has 0 saturated heterocycles. The van der Waals surface area contributed by atoms with E-state index in [1.807, 2.05) is 0 Å². The fourth-order valence-electron chi connectivity index (χ4n) is 1.49. The van der Waals surface area contributed by atoms with E-state index in [1.165, 1.54) is 0 Å². The van der Waals surface area contributed by atoms with Crippen LogP contribution in [0.1, 0.15) is 12.2 Å². The molecule has 1 N–H and O–H groups in total. The first-order chi connectivity index (χ1) is 8.84. The highest BCUT2D eigenvalue weighted by Crippen LogP contribution is 2.29. The first-order valence-corrected chi connectivity index (χ1v) is 5.33. The average molecular weight is 294 g/mol. The minimum atomic E-state index is -2.98. The van der Waals surface area contributed by atoms with Crippen LogP contribution in [0, 0.1) is 5.82 Å². The van der Waals surface area contributed by atoms with E-state index in [9.17, 15) is 23.1 Å². The molecule has 0 spiro atoms. The molecular formula is C10H7ClF3N3O2. The zero-order chi connectivity index (χ0) is 14.3. The van der Waals surface area contributed by atoms with Crippen molar-refractivity contribution in [3.8, 4) is 11.4 Å². The molecule has 5 nitrogen and oxygen atoms in total. The van der Waals surface area contributed by atoms with Gasteiger partial charge in [0.05, 0.1) is 5.02 Å². The molecule has 2 aromatic rings. The third-order valence-corrected chi connectivity index (χ3v) is 2.79. The fourth-order valence-corrected chi connectivity index (χ4v) is 1.64. The Hall–Kier alpha value is -1.96. The molecule has 0 unspecified atom stereocenters. The van der Waals surface area contributed by atoms with Crippen LogP contribution in [0.4, 0.5) is 13.2 Å². The molecule has 1 aromatic carbocycles. The topological polar surface area (TPSA) is 60.1 Å². The molecule has 19 heavy (non-hydrogen) atoms. The van der Waals surface area contributed by atoms with E-state index in [0.717, 1.165) is 19.2 Å². The molecule has 0 saturated carbocycles. The maximum Gasteiger partial charge on any atom is 0.350 e.